The molecule has 0 saturated carbocycles. The monoisotopic (exact) mass is 421 g/mol. The zero-order valence-corrected chi connectivity index (χ0v) is 18.1. The zero-order chi connectivity index (χ0) is 22.1. The molecule has 1 N–H and O–H groups in total. The lowest BCUT2D eigenvalue weighted by Crippen LogP contribution is -2.53. The molecule has 1 saturated heterocycles. The number of hydroxylamine groups is 1. The van der Waals surface area contributed by atoms with Crippen molar-refractivity contribution in [3.05, 3.63) is 35.9 Å². The van der Waals surface area contributed by atoms with E-state index in [1.54, 1.807) is 32.6 Å². The number of carbonyl (C=O) groups excluding carboxylic acids is 3. The molecule has 2 amide bonds. The van der Waals surface area contributed by atoms with E-state index in [0.29, 0.717) is 32.6 Å². The maximum absolute atomic E-state index is 12.4. The highest BCUT2D eigenvalue weighted by atomic mass is 16.7. The van der Waals surface area contributed by atoms with Crippen LogP contribution in [0.2, 0.25) is 0 Å². The minimum atomic E-state index is -0.820. The van der Waals surface area contributed by atoms with Gasteiger partial charge in [0.25, 0.3) is 0 Å². The smallest absolute Gasteiger partial charge is 0.428 e. The van der Waals surface area contributed by atoms with Crippen molar-refractivity contribution in [2.45, 2.75) is 45.8 Å². The van der Waals surface area contributed by atoms with E-state index in [4.69, 9.17) is 14.3 Å². The summed E-state index contributed by atoms with van der Waals surface area (Å²) in [5, 5.41) is 0. The molecule has 9 heteroatoms. The second-order valence-corrected chi connectivity index (χ2v) is 7.93. The summed E-state index contributed by atoms with van der Waals surface area (Å²) in [4.78, 5) is 44.9. The topological polar surface area (TPSA) is 97.4 Å². The summed E-state index contributed by atoms with van der Waals surface area (Å²) < 4.78 is 10.4. The second kappa shape index (κ2) is 10.8. The summed E-state index contributed by atoms with van der Waals surface area (Å²) in [6.45, 7) is 8.66. The van der Waals surface area contributed by atoms with Gasteiger partial charge in [-0.15, -0.1) is 5.48 Å². The molecule has 1 atom stereocenters. The molecule has 0 spiro atoms. The first-order valence-electron chi connectivity index (χ1n) is 10.1. The molecule has 0 unspecified atom stereocenters. The lowest BCUT2D eigenvalue weighted by molar-refractivity contribution is -0.148. The van der Waals surface area contributed by atoms with Gasteiger partial charge in [0.1, 0.15) is 11.6 Å². The quantitative estimate of drug-likeness (QED) is 0.428. The normalized spacial score (nSPS) is 15.3. The van der Waals surface area contributed by atoms with Crippen LogP contribution in [0.1, 0.15) is 33.3 Å². The van der Waals surface area contributed by atoms with Crippen LogP contribution in [-0.2, 0) is 25.5 Å². The summed E-state index contributed by atoms with van der Waals surface area (Å²) >= 11 is 0. The van der Waals surface area contributed by atoms with Crippen LogP contribution in [0.4, 0.5) is 9.59 Å². The van der Waals surface area contributed by atoms with Gasteiger partial charge >= 0.3 is 18.2 Å². The number of amides is 2. The van der Waals surface area contributed by atoms with E-state index in [-0.39, 0.29) is 6.61 Å². The van der Waals surface area contributed by atoms with Crippen LogP contribution in [0.15, 0.2) is 30.3 Å². The van der Waals surface area contributed by atoms with Crippen molar-refractivity contribution in [3.63, 3.8) is 0 Å². The fourth-order valence-corrected chi connectivity index (χ4v) is 2.85. The van der Waals surface area contributed by atoms with Crippen LogP contribution in [0, 0.1) is 0 Å². The molecule has 30 heavy (non-hydrogen) atoms. The van der Waals surface area contributed by atoms with Gasteiger partial charge in [-0.2, -0.15) is 0 Å². The SMILES string of the molecule is CCOC(=O)[C@H](Cc1ccccc1)NOC(=O)N1CCN(C(=O)OC(C)(C)C)CC1. The Morgan fingerprint density at radius 3 is 2.10 bits per heavy atom. The van der Waals surface area contributed by atoms with Crippen LogP contribution < -0.4 is 5.48 Å². The molecule has 1 fully saturated rings. The fourth-order valence-electron chi connectivity index (χ4n) is 2.85. The minimum absolute atomic E-state index is 0.229. The van der Waals surface area contributed by atoms with E-state index in [1.807, 2.05) is 30.3 Å². The highest BCUT2D eigenvalue weighted by molar-refractivity contribution is 5.76. The van der Waals surface area contributed by atoms with E-state index in [9.17, 15) is 14.4 Å². The first kappa shape index (κ1) is 23.5. The molecule has 0 aromatic heterocycles. The molecule has 9 nitrogen and oxygen atoms in total. The van der Waals surface area contributed by atoms with Gasteiger partial charge in [0, 0.05) is 32.6 Å². The molecule has 0 bridgehead atoms. The van der Waals surface area contributed by atoms with Crippen molar-refractivity contribution in [2.75, 3.05) is 32.8 Å². The number of carbonyl (C=O) groups is 3. The average Bonchev–Trinajstić information content (AvgIpc) is 2.70. The van der Waals surface area contributed by atoms with Crippen molar-refractivity contribution in [1.29, 1.82) is 0 Å². The Morgan fingerprint density at radius 2 is 1.57 bits per heavy atom. The number of esters is 1. The largest absolute Gasteiger partial charge is 0.465 e. The van der Waals surface area contributed by atoms with Crippen molar-refractivity contribution < 1.29 is 28.7 Å². The molecule has 1 aliphatic rings. The Kier molecular flexibility index (Phi) is 8.46. The van der Waals surface area contributed by atoms with E-state index in [1.165, 1.54) is 4.90 Å². The maximum Gasteiger partial charge on any atom is 0.428 e. The second-order valence-electron chi connectivity index (χ2n) is 7.93. The summed E-state index contributed by atoms with van der Waals surface area (Å²) in [5.41, 5.74) is 2.88. The maximum atomic E-state index is 12.4. The Morgan fingerprint density at radius 1 is 1.00 bits per heavy atom. The van der Waals surface area contributed by atoms with E-state index < -0.39 is 29.8 Å². The standard InChI is InChI=1S/C21H31N3O6/c1-5-28-18(25)17(15-16-9-7-6-8-10-16)22-30-20(27)24-13-11-23(12-14-24)19(26)29-21(2,3)4/h6-10,17,22H,5,11-15H2,1-4H3/t17-/m0/s1. The summed E-state index contributed by atoms with van der Waals surface area (Å²) in [7, 11) is 0. The number of nitrogens with one attached hydrogen (secondary N) is 1. The number of nitrogens with zero attached hydrogens (tertiary/aromatic N) is 2. The van der Waals surface area contributed by atoms with E-state index >= 15 is 0 Å². The van der Waals surface area contributed by atoms with Crippen molar-refractivity contribution in [3.8, 4) is 0 Å². The third-order valence-corrected chi connectivity index (χ3v) is 4.33. The van der Waals surface area contributed by atoms with Gasteiger partial charge in [0.15, 0.2) is 0 Å². The van der Waals surface area contributed by atoms with E-state index in [2.05, 4.69) is 5.48 Å². The van der Waals surface area contributed by atoms with E-state index in [0.717, 1.165) is 5.56 Å². The number of hydrogen-bond donors (Lipinski definition) is 1. The number of piperazine rings is 1. The molecule has 1 aliphatic heterocycles. The van der Waals surface area contributed by atoms with Crippen molar-refractivity contribution in [1.82, 2.24) is 15.3 Å². The predicted octanol–water partition coefficient (Wildman–Crippen LogP) is 2.35. The molecule has 1 heterocycles. The van der Waals surface area contributed by atoms with Crippen LogP contribution in [0.25, 0.3) is 0 Å². The van der Waals surface area contributed by atoms with Gasteiger partial charge in [0.2, 0.25) is 0 Å². The number of hydrogen-bond acceptors (Lipinski definition) is 7. The van der Waals surface area contributed by atoms with Crippen LogP contribution in [0.5, 0.6) is 0 Å². The van der Waals surface area contributed by atoms with Crippen molar-refractivity contribution >= 4 is 18.2 Å². The lowest BCUT2D eigenvalue weighted by Gasteiger charge is -2.35. The molecule has 1 aromatic carbocycles. The predicted molar refractivity (Wildman–Crippen MR) is 110 cm³/mol. The summed E-state index contributed by atoms with van der Waals surface area (Å²) in [6, 6.07) is 8.56. The zero-order valence-electron chi connectivity index (χ0n) is 18.1. The van der Waals surface area contributed by atoms with Crippen LogP contribution in [-0.4, -0.2) is 72.4 Å². The molecule has 1 aromatic rings. The molecule has 0 aliphatic carbocycles. The van der Waals surface area contributed by atoms with Crippen LogP contribution in [0.3, 0.4) is 0 Å². The Labute approximate surface area is 177 Å². The Balaban J connectivity index is 1.85. The van der Waals surface area contributed by atoms with Gasteiger partial charge < -0.3 is 24.1 Å². The summed E-state index contributed by atoms with van der Waals surface area (Å²) in [6.07, 6.45) is -0.695. The first-order chi connectivity index (χ1) is 14.2. The average molecular weight is 421 g/mol. The third-order valence-electron chi connectivity index (χ3n) is 4.33. The Hall–Kier alpha value is -2.81. The highest BCUT2D eigenvalue weighted by Crippen LogP contribution is 2.12. The summed E-state index contributed by atoms with van der Waals surface area (Å²) in [5.74, 6) is -0.496. The van der Waals surface area contributed by atoms with Gasteiger partial charge in [-0.1, -0.05) is 30.3 Å². The van der Waals surface area contributed by atoms with Gasteiger partial charge in [-0.05, 0) is 33.3 Å². The Bertz CT molecular complexity index is 711. The van der Waals surface area contributed by atoms with Crippen molar-refractivity contribution in [2.24, 2.45) is 0 Å². The number of rotatable bonds is 6. The molecular weight excluding hydrogens is 390 g/mol. The van der Waals surface area contributed by atoms with Crippen LogP contribution >= 0.6 is 0 Å². The molecule has 0 radical (unpaired) electrons. The molecular formula is C21H31N3O6. The number of ether oxygens (including phenoxy) is 2. The third kappa shape index (κ3) is 7.55. The highest BCUT2D eigenvalue weighted by Gasteiger charge is 2.29. The molecule has 2 rings (SSSR count). The molecule has 166 valence electrons. The minimum Gasteiger partial charge on any atom is -0.465 e. The fraction of sp³-hybridized carbons (Fsp3) is 0.571. The first-order valence-corrected chi connectivity index (χ1v) is 10.1. The van der Waals surface area contributed by atoms with Gasteiger partial charge in [-0.25, -0.2) is 9.59 Å². The lowest BCUT2D eigenvalue weighted by atomic mass is 10.1. The van der Waals surface area contributed by atoms with Gasteiger partial charge in [0.05, 0.1) is 6.61 Å². The van der Waals surface area contributed by atoms with Gasteiger partial charge in [-0.3, -0.25) is 4.79 Å². The number of benzene rings is 1.